The second-order valence-electron chi connectivity index (χ2n) is 14.9. The molecule has 0 saturated heterocycles. The fourth-order valence-corrected chi connectivity index (χ4v) is 8.15. The van der Waals surface area contributed by atoms with Crippen LogP contribution in [-0.2, 0) is 51.3 Å². The summed E-state index contributed by atoms with van der Waals surface area (Å²) in [5.74, 6) is -1.37. The zero-order valence-electron chi connectivity index (χ0n) is 31.6. The van der Waals surface area contributed by atoms with Crippen LogP contribution in [0.15, 0.2) is 30.3 Å². The fraction of sp³-hybridized carbons (Fsp3) is 0.676. The van der Waals surface area contributed by atoms with Gasteiger partial charge < -0.3 is 28.7 Å². The lowest BCUT2D eigenvalue weighted by Crippen LogP contribution is -2.27. The Morgan fingerprint density at radius 3 is 1.68 bits per heavy atom. The van der Waals surface area contributed by atoms with Crippen molar-refractivity contribution in [1.82, 2.24) is 4.90 Å². The smallest absolute Gasteiger partial charge is 0.351 e. The Morgan fingerprint density at radius 2 is 1.24 bits per heavy atom. The lowest BCUT2D eigenvalue weighted by atomic mass is 9.98. The van der Waals surface area contributed by atoms with E-state index in [0.717, 1.165) is 16.9 Å². The van der Waals surface area contributed by atoms with E-state index >= 15 is 0 Å². The molecule has 0 spiro atoms. The Kier molecular flexibility index (Phi) is 17.6. The van der Waals surface area contributed by atoms with Gasteiger partial charge in [0.15, 0.2) is 5.40 Å². The Labute approximate surface area is 297 Å². The first kappa shape index (κ1) is 45.5. The van der Waals surface area contributed by atoms with Gasteiger partial charge in [0, 0.05) is 12.1 Å². The minimum atomic E-state index is -4.98. The number of ether oxygens (including phenoxy) is 4. The molecule has 0 aliphatic heterocycles. The Morgan fingerprint density at radius 1 is 0.800 bits per heavy atom. The number of para-hydroxylation sites is 1. The number of methoxy groups -OCH3 is 1. The van der Waals surface area contributed by atoms with Crippen LogP contribution in [0, 0.1) is 16.2 Å². The Bertz CT molecular complexity index is 1370. The molecule has 0 aromatic heterocycles. The number of hydrogen-bond acceptors (Lipinski definition) is 13. The molecule has 0 radical (unpaired) electrons. The van der Waals surface area contributed by atoms with Crippen LogP contribution in [0.4, 0.5) is 0 Å². The number of hydrogen-bond donors (Lipinski definition) is 1. The van der Waals surface area contributed by atoms with Crippen LogP contribution in [0.5, 0.6) is 5.75 Å². The van der Waals surface area contributed by atoms with E-state index in [0.29, 0.717) is 13.1 Å². The normalized spacial score (nSPS) is 14.9. The zero-order chi connectivity index (χ0) is 38.6. The van der Waals surface area contributed by atoms with Crippen molar-refractivity contribution in [2.24, 2.45) is 16.2 Å². The standard InChI is InChI=1S/C34H57NO13P2/c1-25(26-16-13-14-17-27(26)42-12)19-21-35(11)20-15-18-28(49(39,40)46-22-43-29(36)32(2,3)4)50(41,47-23-44-30(37)33(5,6)7)48-24-45-31(38)34(8,9)10/h13-14,16-17,19,28H,15,18,20-24H2,1-12H3,(H,39,40)/b25-19+. The van der Waals surface area contributed by atoms with Crippen LogP contribution in [0.1, 0.15) is 87.6 Å². The number of esters is 3. The molecule has 1 aromatic rings. The van der Waals surface area contributed by atoms with Crippen LogP contribution in [0.25, 0.3) is 5.57 Å². The second-order valence-corrected chi connectivity index (χ2v) is 19.5. The molecule has 1 aromatic carbocycles. The van der Waals surface area contributed by atoms with Gasteiger partial charge in [0.2, 0.25) is 20.4 Å². The van der Waals surface area contributed by atoms with E-state index in [2.05, 4.69) is 0 Å². The lowest BCUT2D eigenvalue weighted by Gasteiger charge is -2.30. The molecule has 2 unspecified atom stereocenters. The molecule has 0 saturated carbocycles. The highest BCUT2D eigenvalue weighted by atomic mass is 31.2. The zero-order valence-corrected chi connectivity index (χ0v) is 33.4. The summed E-state index contributed by atoms with van der Waals surface area (Å²) in [4.78, 5) is 50.2. The fourth-order valence-electron chi connectivity index (χ4n) is 3.92. The maximum absolute atomic E-state index is 14.4. The van der Waals surface area contributed by atoms with Gasteiger partial charge in [-0.25, -0.2) is 0 Å². The maximum atomic E-state index is 14.4. The largest absolute Gasteiger partial charge is 0.496 e. The van der Waals surface area contributed by atoms with Crippen molar-refractivity contribution in [3.05, 3.63) is 35.9 Å². The summed E-state index contributed by atoms with van der Waals surface area (Å²) in [6.07, 6.45) is 1.94. The first-order valence-corrected chi connectivity index (χ1v) is 19.5. The SMILES string of the molecule is COc1ccccc1/C(C)=C/CN(C)CCCC(P(=O)(O)OCOC(=O)C(C)(C)C)P(=O)(OCOC(=O)C(C)(C)C)OCOC(=O)C(C)(C)C. The lowest BCUT2D eigenvalue weighted by molar-refractivity contribution is -0.162. The molecule has 0 amide bonds. The van der Waals surface area contributed by atoms with Crippen LogP contribution in [-0.4, -0.2) is 80.7 Å². The summed E-state index contributed by atoms with van der Waals surface area (Å²) in [7, 11) is -6.32. The average molecular weight is 750 g/mol. The predicted molar refractivity (Wildman–Crippen MR) is 189 cm³/mol. The van der Waals surface area contributed by atoms with E-state index in [1.54, 1.807) is 69.4 Å². The van der Waals surface area contributed by atoms with E-state index in [4.69, 9.17) is 32.5 Å². The molecule has 14 nitrogen and oxygen atoms in total. The summed E-state index contributed by atoms with van der Waals surface area (Å²) >= 11 is 0. The van der Waals surface area contributed by atoms with Crippen molar-refractivity contribution in [3.63, 3.8) is 0 Å². The van der Waals surface area contributed by atoms with E-state index in [-0.39, 0.29) is 12.8 Å². The van der Waals surface area contributed by atoms with Crippen molar-refractivity contribution < 1.29 is 60.9 Å². The molecule has 16 heteroatoms. The van der Waals surface area contributed by atoms with E-state index in [9.17, 15) is 28.4 Å². The van der Waals surface area contributed by atoms with Crippen molar-refractivity contribution >= 4 is 38.7 Å². The van der Waals surface area contributed by atoms with E-state index in [1.165, 1.54) is 0 Å². The minimum absolute atomic E-state index is 0.193. The van der Waals surface area contributed by atoms with Gasteiger partial charge in [-0.3, -0.25) is 37.1 Å². The molecule has 1 N–H and O–H groups in total. The molecule has 0 fully saturated rings. The predicted octanol–water partition coefficient (Wildman–Crippen LogP) is 7.21. The van der Waals surface area contributed by atoms with Gasteiger partial charge in [0.1, 0.15) is 5.75 Å². The van der Waals surface area contributed by atoms with Gasteiger partial charge >= 0.3 is 33.1 Å². The number of carbonyl (C=O) groups excluding carboxylic acids is 3. The van der Waals surface area contributed by atoms with Crippen molar-refractivity contribution in [2.45, 2.75) is 87.5 Å². The minimum Gasteiger partial charge on any atom is -0.496 e. The van der Waals surface area contributed by atoms with E-state index < -0.39 is 75.1 Å². The van der Waals surface area contributed by atoms with Crippen LogP contribution >= 0.6 is 15.2 Å². The number of rotatable bonds is 19. The van der Waals surface area contributed by atoms with Gasteiger partial charge in [-0.15, -0.1) is 0 Å². The van der Waals surface area contributed by atoms with Crippen molar-refractivity contribution in [1.29, 1.82) is 0 Å². The van der Waals surface area contributed by atoms with Gasteiger partial charge in [-0.1, -0.05) is 24.3 Å². The van der Waals surface area contributed by atoms with Crippen LogP contribution in [0.2, 0.25) is 0 Å². The summed E-state index contributed by atoms with van der Waals surface area (Å²) < 4.78 is 64.9. The molecule has 0 heterocycles. The highest BCUT2D eigenvalue weighted by Gasteiger charge is 2.50. The molecular formula is C34H57NO13P2. The Balaban J connectivity index is 3.31. The van der Waals surface area contributed by atoms with Crippen LogP contribution < -0.4 is 4.74 Å². The molecule has 0 aliphatic carbocycles. The number of carbonyl (C=O) groups is 3. The second kappa shape index (κ2) is 19.3. The molecule has 1 rings (SSSR count). The first-order chi connectivity index (χ1) is 22.8. The van der Waals surface area contributed by atoms with E-state index in [1.807, 2.05) is 49.2 Å². The molecule has 2 atom stereocenters. The summed E-state index contributed by atoms with van der Waals surface area (Å²) in [5, 5.41) is -1.86. The topological polar surface area (TPSA) is 173 Å². The number of nitrogens with zero attached hydrogens (tertiary/aromatic N) is 1. The number of benzene rings is 1. The summed E-state index contributed by atoms with van der Waals surface area (Å²) in [5.41, 5.74) is -0.897. The van der Waals surface area contributed by atoms with Crippen molar-refractivity contribution in [3.8, 4) is 5.75 Å². The highest BCUT2D eigenvalue weighted by molar-refractivity contribution is 7.72. The molecule has 0 aliphatic rings. The molecule has 0 bridgehead atoms. The monoisotopic (exact) mass is 749 g/mol. The number of allylic oxidation sites excluding steroid dienone is 1. The van der Waals surface area contributed by atoms with Gasteiger partial charge in [0.05, 0.1) is 23.4 Å². The van der Waals surface area contributed by atoms with Gasteiger partial charge in [0.25, 0.3) is 0 Å². The highest BCUT2D eigenvalue weighted by Crippen LogP contribution is 2.69. The van der Waals surface area contributed by atoms with Gasteiger partial charge in [-0.2, -0.15) is 0 Å². The Hall–Kier alpha value is -2.57. The molecule has 286 valence electrons. The third kappa shape index (κ3) is 15.4. The third-order valence-corrected chi connectivity index (χ3v) is 12.2. The van der Waals surface area contributed by atoms with Crippen molar-refractivity contribution in [2.75, 3.05) is 47.6 Å². The quantitative estimate of drug-likeness (QED) is 0.0651. The van der Waals surface area contributed by atoms with Gasteiger partial charge in [-0.05, 0) is 107 Å². The summed E-state index contributed by atoms with van der Waals surface area (Å²) in [6, 6.07) is 7.61. The molecular weight excluding hydrogens is 692 g/mol. The number of likely N-dealkylation sites (N-methyl/N-ethyl adjacent to an activating group) is 1. The first-order valence-electron chi connectivity index (χ1n) is 16.2. The average Bonchev–Trinajstić information content (AvgIpc) is 3.00. The maximum Gasteiger partial charge on any atom is 0.351 e. The summed E-state index contributed by atoms with van der Waals surface area (Å²) in [6.45, 7) is 14.4. The van der Waals surface area contributed by atoms with Crippen LogP contribution in [0.3, 0.4) is 0 Å². The third-order valence-electron chi connectivity index (χ3n) is 7.09. The molecule has 50 heavy (non-hydrogen) atoms.